The van der Waals surface area contributed by atoms with Crippen molar-refractivity contribution in [2.75, 3.05) is 19.6 Å². The summed E-state index contributed by atoms with van der Waals surface area (Å²) in [5.74, 6) is 2.12. The highest BCUT2D eigenvalue weighted by atomic mass is 19.1. The second-order valence-electron chi connectivity index (χ2n) is 5.94. The molecule has 3 nitrogen and oxygen atoms in total. The molecule has 0 aliphatic carbocycles. The van der Waals surface area contributed by atoms with Crippen molar-refractivity contribution >= 4 is 6.71 Å². The van der Waals surface area contributed by atoms with Gasteiger partial charge in [-0.25, -0.2) is 9.65 Å². The van der Waals surface area contributed by atoms with Gasteiger partial charge in [-0.1, -0.05) is 24.8 Å². The van der Waals surface area contributed by atoms with Gasteiger partial charge >= 0.3 is 0 Å². The Kier molecular flexibility index (Phi) is 3.08. The molecule has 0 amide bonds. The molecule has 1 aromatic rings. The maximum absolute atomic E-state index is 12.9. The van der Waals surface area contributed by atoms with E-state index in [1.165, 1.54) is 12.1 Å². The SMILES string of the molecule is N#CB1CC2(C1)CN(C(CN)c1ccc(F)cc1)C2. The number of likely N-dealkylation sites (tertiary alicyclic amines) is 1. The van der Waals surface area contributed by atoms with Gasteiger partial charge in [0.1, 0.15) is 5.82 Å². The van der Waals surface area contributed by atoms with E-state index in [9.17, 15) is 4.39 Å². The van der Waals surface area contributed by atoms with Crippen molar-refractivity contribution in [3.8, 4) is 5.97 Å². The van der Waals surface area contributed by atoms with Crippen LogP contribution in [0.1, 0.15) is 11.6 Å². The fraction of sp³-hybridized carbons (Fsp3) is 0.500. The summed E-state index contributed by atoms with van der Waals surface area (Å²) >= 11 is 0. The van der Waals surface area contributed by atoms with Gasteiger partial charge in [0.25, 0.3) is 6.71 Å². The van der Waals surface area contributed by atoms with E-state index >= 15 is 0 Å². The number of nitrogens with two attached hydrogens (primary N) is 1. The van der Waals surface area contributed by atoms with Crippen LogP contribution in [-0.2, 0) is 0 Å². The average Bonchev–Trinajstić information content (AvgIpc) is 2.32. The largest absolute Gasteiger partial charge is 0.329 e. The fourth-order valence-electron chi connectivity index (χ4n) is 3.55. The number of halogens is 1. The highest BCUT2D eigenvalue weighted by molar-refractivity contribution is 6.70. The number of nitrogens with zero attached hydrogens (tertiary/aromatic N) is 2. The summed E-state index contributed by atoms with van der Waals surface area (Å²) in [4.78, 5) is 2.35. The van der Waals surface area contributed by atoms with Crippen LogP contribution in [0, 0.1) is 22.5 Å². The van der Waals surface area contributed by atoms with Gasteiger partial charge in [0.15, 0.2) is 0 Å². The van der Waals surface area contributed by atoms with Crippen LogP contribution < -0.4 is 5.73 Å². The van der Waals surface area contributed by atoms with Crippen molar-refractivity contribution in [2.24, 2.45) is 11.1 Å². The lowest BCUT2D eigenvalue weighted by Crippen LogP contribution is -2.64. The van der Waals surface area contributed by atoms with Crippen LogP contribution in [0.25, 0.3) is 0 Å². The van der Waals surface area contributed by atoms with Gasteiger partial charge in [0.05, 0.1) is 0 Å². The quantitative estimate of drug-likeness (QED) is 0.838. The molecule has 2 heterocycles. The lowest BCUT2D eigenvalue weighted by atomic mass is 9.26. The molecule has 0 radical (unpaired) electrons. The predicted octanol–water partition coefficient (Wildman–Crippen LogP) is 1.70. The van der Waals surface area contributed by atoms with E-state index in [0.29, 0.717) is 12.0 Å². The molecule has 2 aliphatic rings. The zero-order valence-electron chi connectivity index (χ0n) is 10.8. The first-order valence-corrected chi connectivity index (χ1v) is 6.75. The minimum atomic E-state index is -0.213. The molecule has 2 fully saturated rings. The third-order valence-electron chi connectivity index (χ3n) is 4.54. The minimum absolute atomic E-state index is 0.173. The number of nitriles is 1. The van der Waals surface area contributed by atoms with Gasteiger partial charge in [0.2, 0.25) is 0 Å². The molecule has 2 saturated heterocycles. The van der Waals surface area contributed by atoms with Crippen LogP contribution in [-0.4, -0.2) is 31.2 Å². The molecule has 98 valence electrons. The van der Waals surface area contributed by atoms with E-state index in [1.54, 1.807) is 0 Å². The third kappa shape index (κ3) is 2.15. The van der Waals surface area contributed by atoms with Gasteiger partial charge in [0, 0.05) is 31.6 Å². The highest BCUT2D eigenvalue weighted by Gasteiger charge is 2.55. The van der Waals surface area contributed by atoms with Gasteiger partial charge in [-0.2, -0.15) is 0 Å². The summed E-state index contributed by atoms with van der Waals surface area (Å²) in [6, 6.07) is 6.78. The number of rotatable bonds is 3. The van der Waals surface area contributed by atoms with Crippen molar-refractivity contribution in [2.45, 2.75) is 18.7 Å². The Morgan fingerprint density at radius 2 is 2.00 bits per heavy atom. The zero-order valence-corrected chi connectivity index (χ0v) is 10.8. The summed E-state index contributed by atoms with van der Waals surface area (Å²) < 4.78 is 12.9. The van der Waals surface area contributed by atoms with Crippen LogP contribution >= 0.6 is 0 Å². The Bertz CT molecular complexity index is 496. The van der Waals surface area contributed by atoms with Crippen molar-refractivity contribution in [3.05, 3.63) is 35.6 Å². The zero-order chi connectivity index (χ0) is 13.5. The number of hydrogen-bond acceptors (Lipinski definition) is 3. The summed E-state index contributed by atoms with van der Waals surface area (Å²) in [6.07, 6.45) is 2.06. The molecule has 1 atom stereocenters. The van der Waals surface area contributed by atoms with Crippen LogP contribution in [0.5, 0.6) is 0 Å². The maximum Gasteiger partial charge on any atom is 0.269 e. The number of hydrogen-bond donors (Lipinski definition) is 1. The Morgan fingerprint density at radius 3 is 2.53 bits per heavy atom. The second-order valence-corrected chi connectivity index (χ2v) is 5.94. The van der Waals surface area contributed by atoms with Crippen molar-refractivity contribution in [3.63, 3.8) is 0 Å². The first-order valence-electron chi connectivity index (χ1n) is 6.75. The molecule has 0 aromatic heterocycles. The average molecular weight is 257 g/mol. The first-order chi connectivity index (χ1) is 9.15. The van der Waals surface area contributed by atoms with Gasteiger partial charge in [-0.15, -0.1) is 0 Å². The lowest BCUT2D eigenvalue weighted by Gasteiger charge is -2.59. The van der Waals surface area contributed by atoms with Gasteiger partial charge in [-0.05, 0) is 23.1 Å². The van der Waals surface area contributed by atoms with Crippen LogP contribution in [0.4, 0.5) is 4.39 Å². The Balaban J connectivity index is 1.63. The molecule has 19 heavy (non-hydrogen) atoms. The van der Waals surface area contributed by atoms with E-state index in [4.69, 9.17) is 11.0 Å². The normalized spacial score (nSPS) is 22.5. The Labute approximate surface area is 113 Å². The van der Waals surface area contributed by atoms with Gasteiger partial charge in [-0.3, -0.25) is 4.90 Å². The molecule has 2 aliphatic heterocycles. The summed E-state index contributed by atoms with van der Waals surface area (Å²) in [6.45, 7) is 2.84. The summed E-state index contributed by atoms with van der Waals surface area (Å²) in [7, 11) is 0. The van der Waals surface area contributed by atoms with Crippen molar-refractivity contribution in [1.82, 2.24) is 4.90 Å². The standard InChI is InChI=1S/C14H17BFN3/c16-12-3-1-11(2-4-12)13(5-17)19-8-14(9-19)6-15(7-14)10-18/h1-4,13H,5-9,17H2. The molecule has 1 spiro atoms. The van der Waals surface area contributed by atoms with E-state index in [0.717, 1.165) is 31.3 Å². The fourth-order valence-corrected chi connectivity index (χ4v) is 3.55. The molecule has 0 saturated carbocycles. The lowest BCUT2D eigenvalue weighted by molar-refractivity contribution is -0.0164. The Hall–Kier alpha value is -1.38. The highest BCUT2D eigenvalue weighted by Crippen LogP contribution is 2.51. The summed E-state index contributed by atoms with van der Waals surface area (Å²) in [5.41, 5.74) is 7.31. The van der Waals surface area contributed by atoms with Crippen LogP contribution in [0.3, 0.4) is 0 Å². The van der Waals surface area contributed by atoms with Crippen LogP contribution in [0.15, 0.2) is 24.3 Å². The smallest absolute Gasteiger partial charge is 0.269 e. The van der Waals surface area contributed by atoms with Gasteiger partial charge < -0.3 is 5.73 Å². The minimum Gasteiger partial charge on any atom is -0.329 e. The summed E-state index contributed by atoms with van der Waals surface area (Å²) in [5, 5.41) is 8.84. The molecular formula is C14H17BFN3. The predicted molar refractivity (Wildman–Crippen MR) is 73.2 cm³/mol. The first kappa shape index (κ1) is 12.6. The van der Waals surface area contributed by atoms with E-state index in [1.807, 2.05) is 12.1 Å². The molecule has 0 bridgehead atoms. The monoisotopic (exact) mass is 257 g/mol. The molecule has 1 unspecified atom stereocenters. The van der Waals surface area contributed by atoms with E-state index in [2.05, 4.69) is 10.9 Å². The molecule has 1 aromatic carbocycles. The second kappa shape index (κ2) is 4.62. The topological polar surface area (TPSA) is 53.0 Å². The molecule has 3 rings (SSSR count). The van der Waals surface area contributed by atoms with Crippen LogP contribution in [0.2, 0.25) is 12.6 Å². The van der Waals surface area contributed by atoms with Crippen molar-refractivity contribution < 1.29 is 4.39 Å². The van der Waals surface area contributed by atoms with E-state index in [-0.39, 0.29) is 18.6 Å². The Morgan fingerprint density at radius 1 is 1.37 bits per heavy atom. The van der Waals surface area contributed by atoms with Crippen molar-refractivity contribution in [1.29, 1.82) is 5.26 Å². The molecular weight excluding hydrogens is 240 g/mol. The molecule has 2 N–H and O–H groups in total. The maximum atomic E-state index is 12.9. The third-order valence-corrected chi connectivity index (χ3v) is 4.54. The number of benzene rings is 1. The van der Waals surface area contributed by atoms with E-state index < -0.39 is 0 Å². The molecule has 5 heteroatoms.